The molecule has 122 valence electrons. The number of amides is 1. The van der Waals surface area contributed by atoms with Gasteiger partial charge >= 0.3 is 5.92 Å². The highest BCUT2D eigenvalue weighted by molar-refractivity contribution is 5.85. The first-order valence-corrected chi connectivity index (χ1v) is 7.28. The van der Waals surface area contributed by atoms with E-state index in [9.17, 15) is 18.7 Å². The minimum atomic E-state index is -3.97. The molecule has 23 heavy (non-hydrogen) atoms. The van der Waals surface area contributed by atoms with Crippen LogP contribution in [0.15, 0.2) is 60.7 Å². The van der Waals surface area contributed by atoms with E-state index >= 15 is 0 Å². The SMILES string of the molecule is C[C@H](NC(=O)C(F)(F)[C@@](C)(O)c1ccccc1)c1ccccc1. The van der Waals surface area contributed by atoms with Gasteiger partial charge in [-0.2, -0.15) is 8.78 Å². The normalized spacial score (nSPS) is 15.5. The molecule has 0 saturated carbocycles. The Morgan fingerprint density at radius 3 is 2.04 bits per heavy atom. The molecule has 0 aliphatic rings. The molecule has 2 atom stereocenters. The van der Waals surface area contributed by atoms with Crippen molar-refractivity contribution >= 4 is 5.91 Å². The highest BCUT2D eigenvalue weighted by atomic mass is 19.3. The van der Waals surface area contributed by atoms with Crippen molar-refractivity contribution in [2.24, 2.45) is 0 Å². The van der Waals surface area contributed by atoms with E-state index in [4.69, 9.17) is 0 Å². The van der Waals surface area contributed by atoms with E-state index in [-0.39, 0.29) is 5.56 Å². The van der Waals surface area contributed by atoms with Crippen molar-refractivity contribution in [1.29, 1.82) is 0 Å². The second kappa shape index (κ2) is 6.46. The smallest absolute Gasteiger partial charge is 0.356 e. The van der Waals surface area contributed by atoms with Gasteiger partial charge in [0, 0.05) is 0 Å². The van der Waals surface area contributed by atoms with Gasteiger partial charge in [0.1, 0.15) is 0 Å². The Morgan fingerprint density at radius 1 is 1.04 bits per heavy atom. The van der Waals surface area contributed by atoms with E-state index < -0.39 is 23.5 Å². The summed E-state index contributed by atoms with van der Waals surface area (Å²) in [5, 5.41) is 12.5. The standard InChI is InChI=1S/C18H19F2NO2/c1-13(14-9-5-3-6-10-14)21-16(22)18(19,20)17(2,23)15-11-7-4-8-12-15/h3-13,23H,1-2H3,(H,21,22)/t13-,17-/m0/s1. The summed E-state index contributed by atoms with van der Waals surface area (Å²) in [7, 11) is 0. The maximum absolute atomic E-state index is 14.5. The first-order valence-electron chi connectivity index (χ1n) is 7.28. The van der Waals surface area contributed by atoms with Crippen molar-refractivity contribution in [3.05, 3.63) is 71.8 Å². The molecule has 3 nitrogen and oxygen atoms in total. The van der Waals surface area contributed by atoms with Crippen molar-refractivity contribution in [1.82, 2.24) is 5.32 Å². The number of hydrogen-bond acceptors (Lipinski definition) is 2. The van der Waals surface area contributed by atoms with Gasteiger partial charge in [-0.15, -0.1) is 0 Å². The quantitative estimate of drug-likeness (QED) is 0.887. The summed E-state index contributed by atoms with van der Waals surface area (Å²) in [6, 6.07) is 15.6. The van der Waals surface area contributed by atoms with Gasteiger partial charge in [0.15, 0.2) is 5.60 Å². The Kier molecular flexibility index (Phi) is 4.80. The van der Waals surface area contributed by atoms with E-state index in [1.54, 1.807) is 43.3 Å². The monoisotopic (exact) mass is 319 g/mol. The molecule has 1 amide bonds. The predicted molar refractivity (Wildman–Crippen MR) is 84.0 cm³/mol. The van der Waals surface area contributed by atoms with E-state index in [1.165, 1.54) is 24.3 Å². The number of hydrogen-bond donors (Lipinski definition) is 2. The second-order valence-corrected chi connectivity index (χ2v) is 5.62. The summed E-state index contributed by atoms with van der Waals surface area (Å²) in [4.78, 5) is 12.0. The molecule has 0 heterocycles. The highest BCUT2D eigenvalue weighted by Crippen LogP contribution is 2.37. The van der Waals surface area contributed by atoms with Crippen molar-refractivity contribution < 1.29 is 18.7 Å². The molecule has 2 rings (SSSR count). The Bertz CT molecular complexity index is 657. The third-order valence-electron chi connectivity index (χ3n) is 3.88. The molecule has 0 aromatic heterocycles. The summed E-state index contributed by atoms with van der Waals surface area (Å²) in [5.74, 6) is -5.49. The molecule has 0 saturated heterocycles. The zero-order chi connectivity index (χ0) is 17.1. The van der Waals surface area contributed by atoms with Gasteiger partial charge in [-0.25, -0.2) is 0 Å². The molecule has 2 aromatic rings. The molecule has 2 aromatic carbocycles. The number of halogens is 2. The molecule has 0 aliphatic heterocycles. The second-order valence-electron chi connectivity index (χ2n) is 5.62. The van der Waals surface area contributed by atoms with Gasteiger partial charge in [0.25, 0.3) is 5.91 Å². The van der Waals surface area contributed by atoms with E-state index in [1.807, 2.05) is 0 Å². The van der Waals surface area contributed by atoms with Crippen LogP contribution in [0.2, 0.25) is 0 Å². The topological polar surface area (TPSA) is 49.3 Å². The van der Waals surface area contributed by atoms with Crippen LogP contribution in [-0.2, 0) is 10.4 Å². The first kappa shape index (κ1) is 17.1. The van der Waals surface area contributed by atoms with Gasteiger partial charge in [-0.1, -0.05) is 60.7 Å². The maximum Gasteiger partial charge on any atom is 0.356 e. The average Bonchev–Trinajstić information content (AvgIpc) is 2.56. The Balaban J connectivity index is 2.20. The zero-order valence-corrected chi connectivity index (χ0v) is 13.0. The molecular formula is C18H19F2NO2. The van der Waals surface area contributed by atoms with E-state index in [2.05, 4.69) is 5.32 Å². The molecule has 0 bridgehead atoms. The molecular weight excluding hydrogens is 300 g/mol. The lowest BCUT2D eigenvalue weighted by molar-refractivity contribution is -0.191. The lowest BCUT2D eigenvalue weighted by atomic mass is 9.88. The zero-order valence-electron chi connectivity index (χ0n) is 13.0. The number of alkyl halides is 2. The third-order valence-corrected chi connectivity index (χ3v) is 3.88. The van der Waals surface area contributed by atoms with E-state index in [0.717, 1.165) is 6.92 Å². The minimum Gasteiger partial charge on any atom is -0.379 e. The summed E-state index contributed by atoms with van der Waals surface area (Å²) in [5.41, 5.74) is -1.92. The fourth-order valence-corrected chi connectivity index (χ4v) is 2.28. The minimum absolute atomic E-state index is 0.0208. The Morgan fingerprint density at radius 2 is 1.52 bits per heavy atom. The number of carbonyl (C=O) groups is 1. The molecule has 5 heteroatoms. The fourth-order valence-electron chi connectivity index (χ4n) is 2.28. The van der Waals surface area contributed by atoms with E-state index in [0.29, 0.717) is 5.56 Å². The average molecular weight is 319 g/mol. The van der Waals surface area contributed by atoms with Gasteiger partial charge in [0.2, 0.25) is 0 Å². The lowest BCUT2D eigenvalue weighted by Crippen LogP contribution is -2.54. The number of rotatable bonds is 5. The van der Waals surface area contributed by atoms with Crippen LogP contribution in [0, 0.1) is 0 Å². The number of aliphatic hydroxyl groups is 1. The number of nitrogens with one attached hydrogen (secondary N) is 1. The van der Waals surface area contributed by atoms with Gasteiger partial charge in [-0.3, -0.25) is 4.79 Å². The van der Waals surface area contributed by atoms with Crippen LogP contribution in [0.5, 0.6) is 0 Å². The van der Waals surface area contributed by atoms with Crippen LogP contribution < -0.4 is 5.32 Å². The van der Waals surface area contributed by atoms with Gasteiger partial charge < -0.3 is 10.4 Å². The van der Waals surface area contributed by atoms with Crippen LogP contribution in [0.3, 0.4) is 0 Å². The molecule has 0 unspecified atom stereocenters. The van der Waals surface area contributed by atoms with Gasteiger partial charge in [0.05, 0.1) is 6.04 Å². The van der Waals surface area contributed by atoms with Crippen molar-refractivity contribution in [2.45, 2.75) is 31.4 Å². The van der Waals surface area contributed by atoms with Crippen LogP contribution in [-0.4, -0.2) is 16.9 Å². The maximum atomic E-state index is 14.5. The molecule has 2 N–H and O–H groups in total. The molecule has 0 radical (unpaired) electrons. The Hall–Kier alpha value is -2.27. The fraction of sp³-hybridized carbons (Fsp3) is 0.278. The van der Waals surface area contributed by atoms with Crippen LogP contribution in [0.1, 0.15) is 31.0 Å². The third kappa shape index (κ3) is 3.40. The van der Waals surface area contributed by atoms with Crippen LogP contribution >= 0.6 is 0 Å². The van der Waals surface area contributed by atoms with Crippen LogP contribution in [0.25, 0.3) is 0 Å². The van der Waals surface area contributed by atoms with Crippen molar-refractivity contribution in [3.63, 3.8) is 0 Å². The highest BCUT2D eigenvalue weighted by Gasteiger charge is 2.56. The van der Waals surface area contributed by atoms with Crippen molar-refractivity contribution in [2.75, 3.05) is 0 Å². The lowest BCUT2D eigenvalue weighted by Gasteiger charge is -2.32. The molecule has 0 spiro atoms. The molecule has 0 fully saturated rings. The van der Waals surface area contributed by atoms with Crippen molar-refractivity contribution in [3.8, 4) is 0 Å². The van der Waals surface area contributed by atoms with Crippen LogP contribution in [0.4, 0.5) is 8.78 Å². The first-order chi connectivity index (χ1) is 10.8. The number of benzene rings is 2. The summed E-state index contributed by atoms with van der Waals surface area (Å²) >= 11 is 0. The number of carbonyl (C=O) groups excluding carboxylic acids is 1. The Labute approximate surface area is 134 Å². The van der Waals surface area contributed by atoms with Gasteiger partial charge in [-0.05, 0) is 25.0 Å². The largest absolute Gasteiger partial charge is 0.379 e. The summed E-state index contributed by atoms with van der Waals surface area (Å²) in [6.45, 7) is 2.55. The molecule has 0 aliphatic carbocycles. The predicted octanol–water partition coefficient (Wildman–Crippen LogP) is 3.41. The summed E-state index contributed by atoms with van der Waals surface area (Å²) < 4.78 is 29.0. The summed E-state index contributed by atoms with van der Waals surface area (Å²) in [6.07, 6.45) is 0.